The predicted octanol–water partition coefficient (Wildman–Crippen LogP) is 4.02. The molecule has 0 saturated heterocycles. The maximum absolute atomic E-state index is 13.6. The zero-order valence-corrected chi connectivity index (χ0v) is 23.7. The van der Waals surface area contributed by atoms with Crippen molar-refractivity contribution < 1.29 is 22.7 Å². The van der Waals surface area contributed by atoms with Crippen LogP contribution in [0.5, 0.6) is 5.75 Å². The maximum atomic E-state index is 13.6. The monoisotopic (exact) mass is 551 g/mol. The van der Waals surface area contributed by atoms with Crippen LogP contribution in [-0.4, -0.2) is 56.6 Å². The molecule has 1 atom stereocenters. The molecule has 39 heavy (non-hydrogen) atoms. The molecule has 3 aromatic carbocycles. The molecule has 208 valence electrons. The van der Waals surface area contributed by atoms with Crippen LogP contribution in [0.25, 0.3) is 0 Å². The second-order valence-corrected chi connectivity index (χ2v) is 11.6. The van der Waals surface area contributed by atoms with Crippen LogP contribution in [0.1, 0.15) is 31.9 Å². The minimum Gasteiger partial charge on any atom is -0.489 e. The molecule has 3 rings (SSSR count). The summed E-state index contributed by atoms with van der Waals surface area (Å²) in [6.07, 6.45) is 1.58. The van der Waals surface area contributed by atoms with Gasteiger partial charge in [0.15, 0.2) is 0 Å². The lowest BCUT2D eigenvalue weighted by atomic mass is 10.1. The van der Waals surface area contributed by atoms with Crippen LogP contribution < -0.4 is 14.4 Å². The first-order valence-electron chi connectivity index (χ1n) is 12.9. The number of ether oxygens (including phenoxy) is 1. The highest BCUT2D eigenvalue weighted by Crippen LogP contribution is 2.23. The highest BCUT2D eigenvalue weighted by atomic mass is 32.2. The molecular formula is C30H37N3O5S. The summed E-state index contributed by atoms with van der Waals surface area (Å²) in [5.74, 6) is -0.185. The average molecular weight is 552 g/mol. The van der Waals surface area contributed by atoms with Gasteiger partial charge >= 0.3 is 0 Å². The molecule has 0 aliphatic heterocycles. The van der Waals surface area contributed by atoms with Crippen molar-refractivity contribution in [3.05, 3.63) is 96.1 Å². The quantitative estimate of drug-likeness (QED) is 0.346. The van der Waals surface area contributed by atoms with Crippen molar-refractivity contribution in [1.29, 1.82) is 0 Å². The topological polar surface area (TPSA) is 96.0 Å². The highest BCUT2D eigenvalue weighted by Gasteiger charge is 2.30. The molecule has 1 N–H and O–H groups in total. The second kappa shape index (κ2) is 13.8. The van der Waals surface area contributed by atoms with Gasteiger partial charge in [0.05, 0.1) is 11.9 Å². The third kappa shape index (κ3) is 9.14. The molecule has 0 saturated carbocycles. The van der Waals surface area contributed by atoms with Crippen molar-refractivity contribution in [2.45, 2.75) is 45.9 Å². The molecule has 0 radical (unpaired) electrons. The van der Waals surface area contributed by atoms with Crippen LogP contribution in [-0.2, 0) is 32.6 Å². The average Bonchev–Trinajstić information content (AvgIpc) is 2.91. The Labute approximate surface area is 231 Å². The van der Waals surface area contributed by atoms with Crippen molar-refractivity contribution in [2.24, 2.45) is 0 Å². The number of nitrogens with zero attached hydrogens (tertiary/aromatic N) is 2. The summed E-state index contributed by atoms with van der Waals surface area (Å²) in [4.78, 5) is 27.8. The van der Waals surface area contributed by atoms with Gasteiger partial charge in [0.25, 0.3) is 0 Å². The van der Waals surface area contributed by atoms with E-state index in [2.05, 4.69) is 5.32 Å². The van der Waals surface area contributed by atoms with Crippen molar-refractivity contribution in [2.75, 3.05) is 23.7 Å². The van der Waals surface area contributed by atoms with E-state index in [1.807, 2.05) is 74.5 Å². The van der Waals surface area contributed by atoms with E-state index in [1.165, 1.54) is 4.90 Å². The number of carbonyl (C=O) groups is 2. The van der Waals surface area contributed by atoms with Crippen LogP contribution in [0.15, 0.2) is 84.9 Å². The van der Waals surface area contributed by atoms with E-state index in [1.54, 1.807) is 31.2 Å². The Hall–Kier alpha value is -3.85. The first-order chi connectivity index (χ1) is 18.5. The smallest absolute Gasteiger partial charge is 0.244 e. The van der Waals surface area contributed by atoms with Crippen LogP contribution in [0.2, 0.25) is 0 Å². The first-order valence-corrected chi connectivity index (χ1v) is 14.8. The number of hydrogen-bond donors (Lipinski definition) is 1. The van der Waals surface area contributed by atoms with E-state index in [-0.39, 0.29) is 18.5 Å². The maximum Gasteiger partial charge on any atom is 0.244 e. The van der Waals surface area contributed by atoms with Crippen molar-refractivity contribution in [1.82, 2.24) is 10.2 Å². The minimum absolute atomic E-state index is 0.0961. The molecular weight excluding hydrogens is 514 g/mol. The van der Waals surface area contributed by atoms with Gasteiger partial charge in [0.1, 0.15) is 24.9 Å². The van der Waals surface area contributed by atoms with Crippen molar-refractivity contribution in [3.63, 3.8) is 0 Å². The Bertz CT molecular complexity index is 1310. The Morgan fingerprint density at radius 3 is 1.95 bits per heavy atom. The van der Waals surface area contributed by atoms with E-state index >= 15 is 0 Å². The molecule has 8 nitrogen and oxygen atoms in total. The third-order valence-electron chi connectivity index (χ3n) is 6.13. The van der Waals surface area contributed by atoms with Gasteiger partial charge in [-0.05, 0) is 62.6 Å². The summed E-state index contributed by atoms with van der Waals surface area (Å²) >= 11 is 0. The number of nitrogens with one attached hydrogen (secondary N) is 1. The second-order valence-electron chi connectivity index (χ2n) is 9.70. The number of amides is 2. The Kier molecular flexibility index (Phi) is 10.5. The summed E-state index contributed by atoms with van der Waals surface area (Å²) in [6, 6.07) is 25.0. The molecule has 0 unspecified atom stereocenters. The number of rotatable bonds is 13. The number of benzene rings is 3. The molecule has 0 heterocycles. The standard InChI is InChI=1S/C30H37N3O5S/c1-23(2)31-30(35)24(3)32(20-19-25-11-7-5-8-12-25)29(34)21-33(39(4,36)37)27-15-17-28(18-16-27)38-22-26-13-9-6-10-14-26/h5-18,23-24H,19-22H2,1-4H3,(H,31,35)/t24-/m1/s1. The lowest BCUT2D eigenvalue weighted by Crippen LogP contribution is -2.53. The van der Waals surface area contributed by atoms with Crippen LogP contribution in [0.3, 0.4) is 0 Å². The summed E-state index contributed by atoms with van der Waals surface area (Å²) in [6.45, 7) is 5.56. The summed E-state index contributed by atoms with van der Waals surface area (Å²) in [5.41, 5.74) is 2.36. The van der Waals surface area contributed by atoms with E-state index in [0.717, 1.165) is 21.7 Å². The van der Waals surface area contributed by atoms with E-state index in [0.29, 0.717) is 24.5 Å². The minimum atomic E-state index is -3.80. The van der Waals surface area contributed by atoms with Gasteiger partial charge in [-0.15, -0.1) is 0 Å². The summed E-state index contributed by atoms with van der Waals surface area (Å²) in [5, 5.41) is 2.84. The fraction of sp³-hybridized carbons (Fsp3) is 0.333. The lowest BCUT2D eigenvalue weighted by molar-refractivity contribution is -0.139. The van der Waals surface area contributed by atoms with Gasteiger partial charge < -0.3 is 15.0 Å². The zero-order valence-electron chi connectivity index (χ0n) is 22.9. The highest BCUT2D eigenvalue weighted by molar-refractivity contribution is 7.92. The molecule has 0 aliphatic carbocycles. The molecule has 9 heteroatoms. The lowest BCUT2D eigenvalue weighted by Gasteiger charge is -2.32. The third-order valence-corrected chi connectivity index (χ3v) is 7.28. The van der Waals surface area contributed by atoms with Crippen LogP contribution >= 0.6 is 0 Å². The predicted molar refractivity (Wildman–Crippen MR) is 154 cm³/mol. The molecule has 0 bridgehead atoms. The Morgan fingerprint density at radius 1 is 0.846 bits per heavy atom. The van der Waals surface area contributed by atoms with Gasteiger partial charge in [-0.2, -0.15) is 0 Å². The van der Waals surface area contributed by atoms with Gasteiger partial charge in [0, 0.05) is 12.6 Å². The van der Waals surface area contributed by atoms with Crippen molar-refractivity contribution in [3.8, 4) is 5.75 Å². The number of sulfonamides is 1. The zero-order chi connectivity index (χ0) is 28.4. The molecule has 0 aliphatic rings. The number of hydrogen-bond acceptors (Lipinski definition) is 5. The fourth-order valence-corrected chi connectivity index (χ4v) is 4.89. The SMILES string of the molecule is CC(C)NC(=O)[C@@H](C)N(CCc1ccccc1)C(=O)CN(c1ccc(OCc2ccccc2)cc1)S(C)(=O)=O. The first kappa shape index (κ1) is 29.7. The van der Waals surface area contributed by atoms with Gasteiger partial charge in [-0.3, -0.25) is 13.9 Å². The van der Waals surface area contributed by atoms with Crippen LogP contribution in [0, 0.1) is 0 Å². The molecule has 0 aromatic heterocycles. The molecule has 0 fully saturated rings. The number of carbonyl (C=O) groups excluding carboxylic acids is 2. The van der Waals surface area contributed by atoms with Crippen molar-refractivity contribution >= 4 is 27.5 Å². The normalized spacial score (nSPS) is 12.0. The van der Waals surface area contributed by atoms with Gasteiger partial charge in [-0.1, -0.05) is 60.7 Å². The number of anilines is 1. The summed E-state index contributed by atoms with van der Waals surface area (Å²) < 4.78 is 32.4. The van der Waals surface area contributed by atoms with Crippen LogP contribution in [0.4, 0.5) is 5.69 Å². The summed E-state index contributed by atoms with van der Waals surface area (Å²) in [7, 11) is -3.80. The van der Waals surface area contributed by atoms with E-state index in [4.69, 9.17) is 4.74 Å². The molecule has 2 amide bonds. The Morgan fingerprint density at radius 2 is 1.41 bits per heavy atom. The van der Waals surface area contributed by atoms with Gasteiger partial charge in [-0.25, -0.2) is 8.42 Å². The van der Waals surface area contributed by atoms with E-state index in [9.17, 15) is 18.0 Å². The van der Waals surface area contributed by atoms with Gasteiger partial charge in [0.2, 0.25) is 21.8 Å². The molecule has 0 spiro atoms. The Balaban J connectivity index is 1.77. The largest absolute Gasteiger partial charge is 0.489 e. The molecule has 3 aromatic rings. The fourth-order valence-electron chi connectivity index (χ4n) is 4.04. The van der Waals surface area contributed by atoms with E-state index < -0.39 is 28.5 Å².